The number of rotatable bonds is 5. The van der Waals surface area contributed by atoms with Crippen LogP contribution in [-0.4, -0.2) is 47.2 Å². The third kappa shape index (κ3) is 3.67. The molecule has 0 unspecified atom stereocenters. The van der Waals surface area contributed by atoms with Gasteiger partial charge in [-0.3, -0.25) is 14.4 Å². The van der Waals surface area contributed by atoms with Crippen LogP contribution in [0.4, 0.5) is 0 Å². The van der Waals surface area contributed by atoms with Gasteiger partial charge in [0.25, 0.3) is 5.91 Å². The van der Waals surface area contributed by atoms with Crippen LogP contribution in [0.1, 0.15) is 41.6 Å². The summed E-state index contributed by atoms with van der Waals surface area (Å²) >= 11 is 0. The number of carbonyl (C=O) groups excluding carboxylic acids is 3. The van der Waals surface area contributed by atoms with Crippen molar-refractivity contribution >= 4 is 17.7 Å². The largest absolute Gasteiger partial charge is 0.468 e. The van der Waals surface area contributed by atoms with Gasteiger partial charge in [0.15, 0.2) is 5.78 Å². The molecule has 1 aromatic rings. The van der Waals surface area contributed by atoms with Crippen molar-refractivity contribution in [1.82, 2.24) is 9.88 Å². The molecule has 0 saturated carbocycles. The molecule has 1 N–H and O–H groups in total. The van der Waals surface area contributed by atoms with Crippen LogP contribution >= 0.6 is 0 Å². The minimum Gasteiger partial charge on any atom is -0.468 e. The number of ether oxygens (including phenoxy) is 1. The number of aromatic amines is 1. The molecule has 0 aliphatic carbocycles. The van der Waals surface area contributed by atoms with Gasteiger partial charge >= 0.3 is 5.97 Å². The molecule has 1 heterocycles. The molecule has 1 rings (SSSR count). The van der Waals surface area contributed by atoms with Crippen LogP contribution in [0, 0.1) is 0 Å². The Balaban J connectivity index is 2.92. The Morgan fingerprint density at radius 2 is 2.00 bits per heavy atom. The molecule has 0 radical (unpaired) electrons. The second kappa shape index (κ2) is 6.17. The molecular weight excluding hydrogens is 248 g/mol. The summed E-state index contributed by atoms with van der Waals surface area (Å²) < 4.78 is 4.56. The number of H-pyrrole nitrogens is 1. The highest BCUT2D eigenvalue weighted by molar-refractivity contribution is 5.99. The molecule has 0 aliphatic rings. The smallest absolute Gasteiger partial charge is 0.325 e. The summed E-state index contributed by atoms with van der Waals surface area (Å²) in [7, 11) is 1.27. The van der Waals surface area contributed by atoms with Crippen LogP contribution in [0.15, 0.2) is 12.3 Å². The predicted molar refractivity (Wildman–Crippen MR) is 69.0 cm³/mol. The number of nitrogens with one attached hydrogen (secondary N) is 1. The number of hydrogen-bond donors (Lipinski definition) is 1. The number of amides is 1. The Morgan fingerprint density at radius 1 is 1.37 bits per heavy atom. The van der Waals surface area contributed by atoms with Crippen LogP contribution in [0.3, 0.4) is 0 Å². The van der Waals surface area contributed by atoms with Crippen LogP contribution < -0.4 is 0 Å². The first-order chi connectivity index (χ1) is 8.86. The fourth-order valence-corrected chi connectivity index (χ4v) is 1.57. The summed E-state index contributed by atoms with van der Waals surface area (Å²) in [4.78, 5) is 38.9. The quantitative estimate of drug-likeness (QED) is 0.642. The van der Waals surface area contributed by atoms with Crippen molar-refractivity contribution in [3.8, 4) is 0 Å². The standard InChI is InChI=1S/C13H18N2O4/c1-8(2)15(7-12(17)19-4)13(18)11-5-10(6-14-11)9(3)16/h5-6,8,14H,7H2,1-4H3. The number of methoxy groups -OCH3 is 1. The third-order valence-corrected chi connectivity index (χ3v) is 2.73. The Morgan fingerprint density at radius 3 is 2.42 bits per heavy atom. The van der Waals surface area contributed by atoms with E-state index >= 15 is 0 Å². The van der Waals surface area contributed by atoms with Gasteiger partial charge in [-0.15, -0.1) is 0 Å². The van der Waals surface area contributed by atoms with Crippen molar-refractivity contribution in [3.63, 3.8) is 0 Å². The van der Waals surface area contributed by atoms with Gasteiger partial charge in [0.2, 0.25) is 0 Å². The van der Waals surface area contributed by atoms with E-state index in [-0.39, 0.29) is 30.0 Å². The number of nitrogens with zero attached hydrogens (tertiary/aromatic N) is 1. The lowest BCUT2D eigenvalue weighted by Crippen LogP contribution is -2.41. The molecule has 0 aromatic carbocycles. The van der Waals surface area contributed by atoms with Gasteiger partial charge < -0.3 is 14.6 Å². The highest BCUT2D eigenvalue weighted by Gasteiger charge is 2.23. The molecule has 6 heteroatoms. The third-order valence-electron chi connectivity index (χ3n) is 2.73. The summed E-state index contributed by atoms with van der Waals surface area (Å²) in [6.07, 6.45) is 1.48. The molecule has 1 aromatic heterocycles. The van der Waals surface area contributed by atoms with E-state index in [9.17, 15) is 14.4 Å². The van der Waals surface area contributed by atoms with Crippen molar-refractivity contribution in [3.05, 3.63) is 23.5 Å². The van der Waals surface area contributed by atoms with Gasteiger partial charge in [-0.25, -0.2) is 0 Å². The summed E-state index contributed by atoms with van der Waals surface area (Å²) in [5.41, 5.74) is 0.716. The van der Waals surface area contributed by atoms with Crippen LogP contribution in [0.2, 0.25) is 0 Å². The Bertz CT molecular complexity index is 491. The summed E-state index contributed by atoms with van der Waals surface area (Å²) in [6, 6.07) is 1.33. The molecule has 0 bridgehead atoms. The SMILES string of the molecule is COC(=O)CN(C(=O)c1cc(C(C)=O)c[nH]1)C(C)C. The summed E-state index contributed by atoms with van der Waals surface area (Å²) in [5.74, 6) is -0.951. The lowest BCUT2D eigenvalue weighted by Gasteiger charge is -2.24. The number of esters is 1. The number of ketones is 1. The topological polar surface area (TPSA) is 79.5 Å². The van der Waals surface area contributed by atoms with Gasteiger partial charge in [0.05, 0.1) is 7.11 Å². The zero-order valence-electron chi connectivity index (χ0n) is 11.5. The number of carbonyl (C=O) groups is 3. The molecule has 0 aliphatic heterocycles. The fraction of sp³-hybridized carbons (Fsp3) is 0.462. The maximum Gasteiger partial charge on any atom is 0.325 e. The number of Topliss-reactive ketones (excluding diaryl/α,β-unsaturated/α-hetero) is 1. The Kier molecular flexibility index (Phi) is 4.86. The Hall–Kier alpha value is -2.11. The van der Waals surface area contributed by atoms with Crippen molar-refractivity contribution in [2.75, 3.05) is 13.7 Å². The zero-order valence-corrected chi connectivity index (χ0v) is 11.5. The van der Waals surface area contributed by atoms with Crippen molar-refractivity contribution in [2.45, 2.75) is 26.8 Å². The van der Waals surface area contributed by atoms with E-state index < -0.39 is 5.97 Å². The lowest BCUT2D eigenvalue weighted by molar-refractivity contribution is -0.141. The average molecular weight is 266 g/mol. The Labute approximate surface area is 111 Å². The maximum atomic E-state index is 12.2. The van der Waals surface area contributed by atoms with Crippen molar-refractivity contribution in [1.29, 1.82) is 0 Å². The summed E-state index contributed by atoms with van der Waals surface area (Å²) in [5, 5.41) is 0. The predicted octanol–water partition coefficient (Wildman–Crippen LogP) is 1.24. The van der Waals surface area contributed by atoms with Gasteiger partial charge in [0.1, 0.15) is 12.2 Å². The second-order valence-electron chi connectivity index (χ2n) is 4.46. The molecule has 0 atom stereocenters. The van der Waals surface area contributed by atoms with E-state index in [1.807, 2.05) is 0 Å². The molecule has 1 amide bonds. The van der Waals surface area contributed by atoms with Crippen LogP contribution in [0.25, 0.3) is 0 Å². The number of hydrogen-bond acceptors (Lipinski definition) is 4. The van der Waals surface area contributed by atoms with Gasteiger partial charge in [-0.05, 0) is 26.8 Å². The highest BCUT2D eigenvalue weighted by atomic mass is 16.5. The van der Waals surface area contributed by atoms with Gasteiger partial charge in [-0.1, -0.05) is 0 Å². The van der Waals surface area contributed by atoms with E-state index in [0.717, 1.165) is 0 Å². The van der Waals surface area contributed by atoms with E-state index in [0.29, 0.717) is 5.56 Å². The molecular formula is C13H18N2O4. The first-order valence-electron chi connectivity index (χ1n) is 5.94. The number of aromatic nitrogens is 1. The maximum absolute atomic E-state index is 12.2. The van der Waals surface area contributed by atoms with E-state index in [1.54, 1.807) is 13.8 Å². The second-order valence-corrected chi connectivity index (χ2v) is 4.46. The normalized spacial score (nSPS) is 10.4. The van der Waals surface area contributed by atoms with Crippen molar-refractivity contribution in [2.24, 2.45) is 0 Å². The average Bonchev–Trinajstić information content (AvgIpc) is 2.84. The van der Waals surface area contributed by atoms with Gasteiger partial charge in [0, 0.05) is 17.8 Å². The van der Waals surface area contributed by atoms with Gasteiger partial charge in [-0.2, -0.15) is 0 Å². The minimum absolute atomic E-state index is 0.124. The molecule has 0 spiro atoms. The lowest BCUT2D eigenvalue weighted by atomic mass is 10.2. The molecule has 0 fully saturated rings. The summed E-state index contributed by atoms with van der Waals surface area (Å²) in [6.45, 7) is 4.90. The molecule has 0 saturated heterocycles. The monoisotopic (exact) mass is 266 g/mol. The van der Waals surface area contributed by atoms with E-state index in [1.165, 1.54) is 31.2 Å². The molecule has 104 valence electrons. The first kappa shape index (κ1) is 14.9. The minimum atomic E-state index is -0.486. The van der Waals surface area contributed by atoms with Crippen LogP contribution in [0.5, 0.6) is 0 Å². The highest BCUT2D eigenvalue weighted by Crippen LogP contribution is 2.10. The first-order valence-corrected chi connectivity index (χ1v) is 5.94. The molecule has 6 nitrogen and oxygen atoms in total. The fourth-order valence-electron chi connectivity index (χ4n) is 1.57. The van der Waals surface area contributed by atoms with E-state index in [4.69, 9.17) is 0 Å². The van der Waals surface area contributed by atoms with Crippen molar-refractivity contribution < 1.29 is 19.1 Å². The van der Waals surface area contributed by atoms with E-state index in [2.05, 4.69) is 9.72 Å². The molecule has 19 heavy (non-hydrogen) atoms. The zero-order chi connectivity index (χ0) is 14.6. The van der Waals surface area contributed by atoms with Crippen LogP contribution in [-0.2, 0) is 9.53 Å².